The highest BCUT2D eigenvalue weighted by Gasteiger charge is 2.11. The van der Waals surface area contributed by atoms with Crippen LogP contribution in [0, 0.1) is 25.2 Å². The number of rotatable bonds is 1. The molecule has 3 nitrogen and oxygen atoms in total. The second-order valence-electron chi connectivity index (χ2n) is 3.91. The minimum Gasteiger partial charge on any atom is -0.319 e. The predicted molar refractivity (Wildman–Crippen MR) is 62.8 cm³/mol. The van der Waals surface area contributed by atoms with Gasteiger partial charge < -0.3 is 4.57 Å². The van der Waals surface area contributed by atoms with Gasteiger partial charge in [-0.25, -0.2) is 4.98 Å². The third-order valence-electron chi connectivity index (χ3n) is 2.69. The number of hydrogen-bond acceptors (Lipinski definition) is 2. The van der Waals surface area contributed by atoms with Gasteiger partial charge in [-0.2, -0.15) is 5.26 Å². The lowest BCUT2D eigenvalue weighted by atomic mass is 10.1. The summed E-state index contributed by atoms with van der Waals surface area (Å²) < 4.78 is 1.83. The highest BCUT2D eigenvalue weighted by Crippen LogP contribution is 2.20. The van der Waals surface area contributed by atoms with Gasteiger partial charge in [-0.3, -0.25) is 0 Å². The smallest absolute Gasteiger partial charge is 0.143 e. The molecule has 0 amide bonds. The topological polar surface area (TPSA) is 41.6 Å². The average molecular weight is 211 g/mol. The lowest BCUT2D eigenvalue weighted by molar-refractivity contribution is 0.906. The first-order valence-corrected chi connectivity index (χ1v) is 5.14. The standard InChI is InChI=1S/C13H13N3/c1-9-4-6-11(7-5-9)13-15-10(2)12(8-14)16(13)3/h4-7H,1-3H3. The molecule has 1 aromatic heterocycles. The number of imidazole rings is 1. The molecule has 0 saturated heterocycles. The van der Waals surface area contributed by atoms with E-state index < -0.39 is 0 Å². The summed E-state index contributed by atoms with van der Waals surface area (Å²) in [5.74, 6) is 0.842. The van der Waals surface area contributed by atoms with Crippen molar-refractivity contribution in [2.24, 2.45) is 7.05 Å². The third-order valence-corrected chi connectivity index (χ3v) is 2.69. The van der Waals surface area contributed by atoms with Gasteiger partial charge in [0.05, 0.1) is 5.69 Å². The Hall–Kier alpha value is -2.08. The van der Waals surface area contributed by atoms with Crippen LogP contribution in [0.3, 0.4) is 0 Å². The van der Waals surface area contributed by atoms with Crippen LogP contribution in [0.4, 0.5) is 0 Å². The van der Waals surface area contributed by atoms with Crippen molar-refractivity contribution in [1.82, 2.24) is 9.55 Å². The van der Waals surface area contributed by atoms with Crippen LogP contribution in [0.1, 0.15) is 17.0 Å². The molecule has 0 radical (unpaired) electrons. The van der Waals surface area contributed by atoms with Crippen molar-refractivity contribution in [3.8, 4) is 17.5 Å². The van der Waals surface area contributed by atoms with E-state index in [9.17, 15) is 0 Å². The lowest BCUT2D eigenvalue weighted by Gasteiger charge is -2.02. The Morgan fingerprint density at radius 1 is 1.19 bits per heavy atom. The van der Waals surface area contributed by atoms with Gasteiger partial charge in [0.15, 0.2) is 0 Å². The highest BCUT2D eigenvalue weighted by molar-refractivity contribution is 5.58. The van der Waals surface area contributed by atoms with Gasteiger partial charge >= 0.3 is 0 Å². The number of hydrogen-bond donors (Lipinski definition) is 0. The second kappa shape index (κ2) is 3.82. The summed E-state index contributed by atoms with van der Waals surface area (Å²) in [5, 5.41) is 8.99. The van der Waals surface area contributed by atoms with Crippen LogP contribution >= 0.6 is 0 Å². The Bertz CT molecular complexity index is 556. The van der Waals surface area contributed by atoms with Gasteiger partial charge in [-0.05, 0) is 13.8 Å². The minimum atomic E-state index is 0.621. The largest absolute Gasteiger partial charge is 0.319 e. The molecule has 0 atom stereocenters. The molecule has 80 valence electrons. The minimum absolute atomic E-state index is 0.621. The summed E-state index contributed by atoms with van der Waals surface area (Å²) >= 11 is 0. The summed E-state index contributed by atoms with van der Waals surface area (Å²) in [4.78, 5) is 4.42. The SMILES string of the molecule is Cc1ccc(-c2nc(C)c(C#N)n2C)cc1. The quantitative estimate of drug-likeness (QED) is 0.727. The van der Waals surface area contributed by atoms with Gasteiger partial charge in [-0.1, -0.05) is 29.8 Å². The first-order valence-electron chi connectivity index (χ1n) is 5.14. The van der Waals surface area contributed by atoms with Crippen LogP contribution < -0.4 is 0 Å². The van der Waals surface area contributed by atoms with E-state index in [1.807, 2.05) is 49.7 Å². The Kier molecular flexibility index (Phi) is 2.49. The summed E-state index contributed by atoms with van der Waals surface area (Å²) in [6.45, 7) is 3.91. The molecule has 16 heavy (non-hydrogen) atoms. The van der Waals surface area contributed by atoms with Crippen LogP contribution in [0.25, 0.3) is 11.4 Å². The highest BCUT2D eigenvalue weighted by atomic mass is 15.1. The van der Waals surface area contributed by atoms with E-state index in [1.165, 1.54) is 5.56 Å². The summed E-state index contributed by atoms with van der Waals surface area (Å²) in [6.07, 6.45) is 0. The Morgan fingerprint density at radius 3 is 2.31 bits per heavy atom. The second-order valence-corrected chi connectivity index (χ2v) is 3.91. The van der Waals surface area contributed by atoms with E-state index in [0.717, 1.165) is 17.1 Å². The van der Waals surface area contributed by atoms with E-state index in [2.05, 4.69) is 11.1 Å². The number of nitriles is 1. The summed E-state index contributed by atoms with van der Waals surface area (Å²) in [6, 6.07) is 10.3. The molecule has 0 aliphatic carbocycles. The molecule has 0 bridgehead atoms. The van der Waals surface area contributed by atoms with Crippen molar-refractivity contribution in [2.75, 3.05) is 0 Å². The van der Waals surface area contributed by atoms with Gasteiger partial charge in [-0.15, -0.1) is 0 Å². The zero-order valence-corrected chi connectivity index (χ0v) is 9.65. The normalized spacial score (nSPS) is 10.1. The molecule has 0 unspecified atom stereocenters. The first-order chi connectivity index (χ1) is 7.63. The molecule has 0 aliphatic rings. The number of aryl methyl sites for hydroxylation is 2. The molecule has 3 heteroatoms. The van der Waals surface area contributed by atoms with Crippen LogP contribution in [0.5, 0.6) is 0 Å². The van der Waals surface area contributed by atoms with Crippen LogP contribution in [-0.4, -0.2) is 9.55 Å². The molecule has 0 fully saturated rings. The van der Waals surface area contributed by atoms with Crippen molar-refractivity contribution in [1.29, 1.82) is 5.26 Å². The Labute approximate surface area is 95.0 Å². The fourth-order valence-corrected chi connectivity index (χ4v) is 1.75. The van der Waals surface area contributed by atoms with Gasteiger partial charge in [0.1, 0.15) is 17.6 Å². The van der Waals surface area contributed by atoms with Gasteiger partial charge in [0.2, 0.25) is 0 Å². The summed E-state index contributed by atoms with van der Waals surface area (Å²) in [5.41, 5.74) is 3.66. The molecule has 0 spiro atoms. The van der Waals surface area contributed by atoms with Gasteiger partial charge in [0, 0.05) is 12.6 Å². The molecule has 0 N–H and O–H groups in total. The van der Waals surface area contributed by atoms with Crippen LogP contribution in [-0.2, 0) is 7.05 Å². The number of benzene rings is 1. The van der Waals surface area contributed by atoms with Crippen molar-refractivity contribution >= 4 is 0 Å². The van der Waals surface area contributed by atoms with Crippen molar-refractivity contribution in [3.63, 3.8) is 0 Å². The molecular formula is C13H13N3. The average Bonchev–Trinajstić information content (AvgIpc) is 2.55. The zero-order valence-electron chi connectivity index (χ0n) is 9.65. The first kappa shape index (κ1) is 10.4. The number of aromatic nitrogens is 2. The van der Waals surface area contributed by atoms with E-state index in [0.29, 0.717) is 5.69 Å². The van der Waals surface area contributed by atoms with Crippen molar-refractivity contribution in [3.05, 3.63) is 41.2 Å². The van der Waals surface area contributed by atoms with E-state index in [-0.39, 0.29) is 0 Å². The Balaban J connectivity index is 2.58. The molecule has 2 aromatic rings. The van der Waals surface area contributed by atoms with Crippen LogP contribution in [0.15, 0.2) is 24.3 Å². The van der Waals surface area contributed by atoms with E-state index in [1.54, 1.807) is 0 Å². The number of nitrogens with zero attached hydrogens (tertiary/aromatic N) is 3. The van der Waals surface area contributed by atoms with Crippen molar-refractivity contribution < 1.29 is 0 Å². The summed E-state index contributed by atoms with van der Waals surface area (Å²) in [7, 11) is 1.87. The molecule has 1 heterocycles. The fourth-order valence-electron chi connectivity index (χ4n) is 1.75. The molecule has 1 aromatic carbocycles. The third kappa shape index (κ3) is 1.59. The molecular weight excluding hydrogens is 198 g/mol. The maximum atomic E-state index is 8.99. The maximum Gasteiger partial charge on any atom is 0.143 e. The van der Waals surface area contributed by atoms with E-state index in [4.69, 9.17) is 5.26 Å². The Morgan fingerprint density at radius 2 is 1.81 bits per heavy atom. The van der Waals surface area contributed by atoms with Gasteiger partial charge in [0.25, 0.3) is 0 Å². The molecule has 0 saturated carbocycles. The lowest BCUT2D eigenvalue weighted by Crippen LogP contribution is -1.95. The monoisotopic (exact) mass is 211 g/mol. The molecule has 0 aliphatic heterocycles. The maximum absolute atomic E-state index is 8.99. The fraction of sp³-hybridized carbons (Fsp3) is 0.231. The zero-order chi connectivity index (χ0) is 11.7. The van der Waals surface area contributed by atoms with Crippen LogP contribution in [0.2, 0.25) is 0 Å². The van der Waals surface area contributed by atoms with Crippen molar-refractivity contribution in [2.45, 2.75) is 13.8 Å². The predicted octanol–water partition coefficient (Wildman–Crippen LogP) is 2.58. The molecule has 2 rings (SSSR count). The van der Waals surface area contributed by atoms with E-state index >= 15 is 0 Å².